The second kappa shape index (κ2) is 3.79. The third-order valence-corrected chi connectivity index (χ3v) is 1.87. The first-order chi connectivity index (χ1) is 6.06. The Morgan fingerprint density at radius 2 is 2.23 bits per heavy atom. The fourth-order valence-electron chi connectivity index (χ4n) is 0.929. The van der Waals surface area contributed by atoms with Crippen LogP contribution in [0.5, 0.6) is 0 Å². The van der Waals surface area contributed by atoms with Crippen molar-refractivity contribution in [1.29, 1.82) is 0 Å². The smallest absolute Gasteiger partial charge is 0.280 e. The topological polar surface area (TPSA) is 30.0 Å². The number of pyridine rings is 1. The van der Waals surface area contributed by atoms with Gasteiger partial charge in [-0.25, -0.2) is 13.8 Å². The Labute approximate surface area is 78.5 Å². The molecule has 0 amide bonds. The van der Waals surface area contributed by atoms with E-state index in [-0.39, 0.29) is 22.0 Å². The molecule has 0 radical (unpaired) electrons. The molecule has 2 nitrogen and oxygen atoms in total. The van der Waals surface area contributed by atoms with Gasteiger partial charge in [-0.2, -0.15) is 0 Å². The summed E-state index contributed by atoms with van der Waals surface area (Å²) >= 11 is 5.47. The number of carbonyl (C=O) groups excluding carboxylic acids is 1. The Morgan fingerprint density at radius 1 is 1.62 bits per heavy atom. The van der Waals surface area contributed by atoms with Crippen LogP contribution < -0.4 is 0 Å². The van der Waals surface area contributed by atoms with E-state index < -0.39 is 6.43 Å². The lowest BCUT2D eigenvalue weighted by Gasteiger charge is -2.05. The first-order valence-electron chi connectivity index (χ1n) is 3.46. The summed E-state index contributed by atoms with van der Waals surface area (Å²) < 4.78 is 24.5. The van der Waals surface area contributed by atoms with Crippen LogP contribution in [0, 0.1) is 6.92 Å². The minimum absolute atomic E-state index is 0.128. The lowest BCUT2D eigenvalue weighted by atomic mass is 10.1. The molecule has 1 aromatic heterocycles. The van der Waals surface area contributed by atoms with E-state index in [1.54, 1.807) is 0 Å². The van der Waals surface area contributed by atoms with Crippen LogP contribution in [-0.2, 0) is 0 Å². The number of hydrogen-bond acceptors (Lipinski definition) is 2. The highest BCUT2D eigenvalue weighted by Crippen LogP contribution is 2.24. The molecule has 0 bridgehead atoms. The maximum atomic E-state index is 12.2. The molecular formula is C8H6ClF2NO. The molecule has 0 aliphatic heterocycles. The van der Waals surface area contributed by atoms with Gasteiger partial charge in [-0.15, -0.1) is 0 Å². The van der Waals surface area contributed by atoms with Crippen LogP contribution in [0.1, 0.15) is 28.0 Å². The van der Waals surface area contributed by atoms with E-state index in [0.717, 1.165) is 0 Å². The van der Waals surface area contributed by atoms with Gasteiger partial charge in [0.25, 0.3) is 6.43 Å². The zero-order valence-corrected chi connectivity index (χ0v) is 7.48. The Kier molecular flexibility index (Phi) is 2.93. The maximum absolute atomic E-state index is 12.2. The highest BCUT2D eigenvalue weighted by molar-refractivity contribution is 6.31. The van der Waals surface area contributed by atoms with E-state index in [1.165, 1.54) is 13.0 Å². The average molecular weight is 206 g/mol. The van der Waals surface area contributed by atoms with Gasteiger partial charge in [-0.3, -0.25) is 4.79 Å². The molecule has 0 N–H and O–H groups in total. The van der Waals surface area contributed by atoms with Gasteiger partial charge in [0.1, 0.15) is 10.8 Å². The van der Waals surface area contributed by atoms with Crippen molar-refractivity contribution in [2.75, 3.05) is 0 Å². The molecule has 0 fully saturated rings. The second-order valence-corrected chi connectivity index (χ2v) is 2.85. The summed E-state index contributed by atoms with van der Waals surface area (Å²) in [5.74, 6) is 0. The second-order valence-electron chi connectivity index (χ2n) is 2.49. The van der Waals surface area contributed by atoms with Crippen LogP contribution >= 0.6 is 11.6 Å². The molecule has 1 heterocycles. The molecule has 1 aromatic rings. The number of halogens is 3. The first-order valence-corrected chi connectivity index (χ1v) is 3.84. The number of aryl methyl sites for hydroxylation is 1. The Bertz CT molecular complexity index is 341. The van der Waals surface area contributed by atoms with Crippen LogP contribution in [-0.4, -0.2) is 11.3 Å². The van der Waals surface area contributed by atoms with Gasteiger partial charge in [-0.05, 0) is 18.6 Å². The summed E-state index contributed by atoms with van der Waals surface area (Å²) in [4.78, 5) is 13.8. The highest BCUT2D eigenvalue weighted by atomic mass is 35.5. The quantitative estimate of drug-likeness (QED) is 0.549. The van der Waals surface area contributed by atoms with Crippen molar-refractivity contribution < 1.29 is 13.6 Å². The van der Waals surface area contributed by atoms with E-state index in [0.29, 0.717) is 6.29 Å². The predicted octanol–water partition coefficient (Wildman–Crippen LogP) is 2.79. The Balaban J connectivity index is 3.28. The number of hydrogen-bond donors (Lipinski definition) is 0. The minimum Gasteiger partial charge on any atom is -0.298 e. The SMILES string of the molecule is Cc1cc(C=O)c(Cl)nc1C(F)F. The fraction of sp³-hybridized carbons (Fsp3) is 0.250. The van der Waals surface area contributed by atoms with Gasteiger partial charge in [0.2, 0.25) is 0 Å². The van der Waals surface area contributed by atoms with E-state index in [1.807, 2.05) is 0 Å². The fourth-order valence-corrected chi connectivity index (χ4v) is 1.12. The largest absolute Gasteiger partial charge is 0.298 e. The predicted molar refractivity (Wildman–Crippen MR) is 44.3 cm³/mol. The van der Waals surface area contributed by atoms with Crippen LogP contribution in [0.2, 0.25) is 5.15 Å². The highest BCUT2D eigenvalue weighted by Gasteiger charge is 2.15. The molecule has 0 unspecified atom stereocenters. The molecule has 0 atom stereocenters. The van der Waals surface area contributed by atoms with Crippen molar-refractivity contribution in [2.24, 2.45) is 0 Å². The van der Waals surface area contributed by atoms with Crippen LogP contribution in [0.3, 0.4) is 0 Å². The summed E-state index contributed by atoms with van der Waals surface area (Å²) in [6.45, 7) is 1.46. The molecule has 0 aliphatic carbocycles. The number of carbonyl (C=O) groups is 1. The van der Waals surface area contributed by atoms with Gasteiger partial charge in [0.05, 0.1) is 5.56 Å². The van der Waals surface area contributed by atoms with Crippen molar-refractivity contribution >= 4 is 17.9 Å². The summed E-state index contributed by atoms with van der Waals surface area (Å²) in [5.41, 5.74) is 0.0145. The van der Waals surface area contributed by atoms with E-state index in [4.69, 9.17) is 11.6 Å². The van der Waals surface area contributed by atoms with E-state index in [9.17, 15) is 13.6 Å². The molecule has 0 saturated heterocycles. The molecule has 0 aromatic carbocycles. The van der Waals surface area contributed by atoms with Crippen molar-refractivity contribution in [3.63, 3.8) is 0 Å². The standard InChI is InChI=1S/C8H6ClF2NO/c1-4-2-5(3-13)7(9)12-6(4)8(10)11/h2-3,8H,1H3. The van der Waals surface area contributed by atoms with Crippen molar-refractivity contribution in [2.45, 2.75) is 13.3 Å². The van der Waals surface area contributed by atoms with Crippen molar-refractivity contribution in [3.8, 4) is 0 Å². The van der Waals surface area contributed by atoms with Gasteiger partial charge >= 0.3 is 0 Å². The lowest BCUT2D eigenvalue weighted by Crippen LogP contribution is -1.98. The van der Waals surface area contributed by atoms with Crippen LogP contribution in [0.15, 0.2) is 6.07 Å². The maximum Gasteiger partial charge on any atom is 0.280 e. The zero-order valence-electron chi connectivity index (χ0n) is 6.72. The number of aromatic nitrogens is 1. The zero-order chi connectivity index (χ0) is 10.0. The third kappa shape index (κ3) is 2.01. The molecule has 0 saturated carbocycles. The molecule has 1 rings (SSSR count). The Morgan fingerprint density at radius 3 is 2.69 bits per heavy atom. The summed E-state index contributed by atoms with van der Waals surface area (Å²) in [5, 5.41) is -0.184. The normalized spacial score (nSPS) is 10.5. The van der Waals surface area contributed by atoms with Crippen LogP contribution in [0.25, 0.3) is 0 Å². The monoisotopic (exact) mass is 205 g/mol. The molecule has 5 heteroatoms. The van der Waals surface area contributed by atoms with Gasteiger partial charge in [-0.1, -0.05) is 11.6 Å². The third-order valence-electron chi connectivity index (χ3n) is 1.57. The van der Waals surface area contributed by atoms with Gasteiger partial charge < -0.3 is 0 Å². The van der Waals surface area contributed by atoms with Gasteiger partial charge in [0, 0.05) is 0 Å². The molecule has 0 spiro atoms. The molecule has 0 aliphatic rings. The summed E-state index contributed by atoms with van der Waals surface area (Å²) in [6.07, 6.45) is -2.18. The van der Waals surface area contributed by atoms with Gasteiger partial charge in [0.15, 0.2) is 6.29 Å². The minimum atomic E-state index is -2.67. The molecule has 70 valence electrons. The number of alkyl halides is 2. The van der Waals surface area contributed by atoms with Crippen LogP contribution in [0.4, 0.5) is 8.78 Å². The summed E-state index contributed by atoms with van der Waals surface area (Å²) in [6, 6.07) is 1.30. The number of nitrogens with zero attached hydrogens (tertiary/aromatic N) is 1. The van der Waals surface area contributed by atoms with Crippen molar-refractivity contribution in [1.82, 2.24) is 4.98 Å². The molecule has 13 heavy (non-hydrogen) atoms. The first kappa shape index (κ1) is 10.1. The van der Waals surface area contributed by atoms with Crippen molar-refractivity contribution in [3.05, 3.63) is 28.0 Å². The average Bonchev–Trinajstić information content (AvgIpc) is 2.07. The van der Waals surface area contributed by atoms with E-state index >= 15 is 0 Å². The summed E-state index contributed by atoms with van der Waals surface area (Å²) in [7, 11) is 0. The number of aldehydes is 1. The number of rotatable bonds is 2. The molecular weight excluding hydrogens is 200 g/mol. The lowest BCUT2D eigenvalue weighted by molar-refractivity contribution is 0.112. The Hall–Kier alpha value is -1.03. The van der Waals surface area contributed by atoms with E-state index in [2.05, 4.69) is 4.98 Å².